The van der Waals surface area contributed by atoms with Gasteiger partial charge in [-0.15, -0.1) is 0 Å². The van der Waals surface area contributed by atoms with Crippen molar-refractivity contribution in [2.24, 2.45) is 11.7 Å². The van der Waals surface area contributed by atoms with Gasteiger partial charge in [0.2, 0.25) is 9.84 Å². The maximum atomic E-state index is 12.5. The fraction of sp³-hybridized carbons (Fsp3) is 0.538. The van der Waals surface area contributed by atoms with E-state index in [1.165, 1.54) is 12.1 Å². The Bertz CT molecular complexity index is 560. The summed E-state index contributed by atoms with van der Waals surface area (Å²) in [5.41, 5.74) is 6.57. The molecule has 2 N–H and O–H groups in total. The Morgan fingerprint density at radius 3 is 2.45 bits per heavy atom. The summed E-state index contributed by atoms with van der Waals surface area (Å²) >= 11 is 0. The van der Waals surface area contributed by atoms with Crippen molar-refractivity contribution in [1.29, 1.82) is 0 Å². The van der Waals surface area contributed by atoms with Crippen LogP contribution < -0.4 is 10.6 Å². The first-order chi connectivity index (χ1) is 9.37. The summed E-state index contributed by atoms with van der Waals surface area (Å²) in [6, 6.07) is 5.79. The summed E-state index contributed by atoms with van der Waals surface area (Å²) in [4.78, 5) is 1.75. The number of nitrogens with two attached hydrogens (primary N) is 1. The molecule has 1 aromatic rings. The van der Waals surface area contributed by atoms with Crippen LogP contribution >= 0.6 is 0 Å². The van der Waals surface area contributed by atoms with E-state index in [9.17, 15) is 17.2 Å². The molecule has 20 heavy (non-hydrogen) atoms. The predicted octanol–water partition coefficient (Wildman–Crippen LogP) is 1.86. The molecular weight excluding hydrogens is 286 g/mol. The molecule has 4 nitrogen and oxygen atoms in total. The molecule has 0 bridgehead atoms. The predicted molar refractivity (Wildman–Crippen MR) is 73.6 cm³/mol. The molecule has 0 aliphatic carbocycles. The molecule has 1 saturated heterocycles. The minimum absolute atomic E-state index is 0.201. The second-order valence-electron chi connectivity index (χ2n) is 5.06. The lowest BCUT2D eigenvalue weighted by Gasteiger charge is -2.27. The SMILES string of the molecule is CC1CCN(c2ccc(S(=O)(=O)C(F)F)cc2)C1CN. The number of rotatable bonds is 4. The van der Waals surface area contributed by atoms with Gasteiger partial charge in [0, 0.05) is 24.8 Å². The van der Waals surface area contributed by atoms with Crippen LogP contribution in [0.3, 0.4) is 0 Å². The van der Waals surface area contributed by atoms with Crippen molar-refractivity contribution in [3.05, 3.63) is 24.3 Å². The molecule has 112 valence electrons. The molecule has 1 aliphatic heterocycles. The smallest absolute Gasteiger partial charge is 0.341 e. The second-order valence-corrected chi connectivity index (χ2v) is 6.98. The standard InChI is InChI=1S/C13H18F2N2O2S/c1-9-6-7-17(12(9)8-16)10-2-4-11(5-3-10)20(18,19)13(14)15/h2-5,9,12-13H,6-8,16H2,1H3. The zero-order valence-corrected chi connectivity index (χ0v) is 12.0. The van der Waals surface area contributed by atoms with Crippen LogP contribution in [0.5, 0.6) is 0 Å². The lowest BCUT2D eigenvalue weighted by Crippen LogP contribution is -2.38. The molecule has 7 heteroatoms. The summed E-state index contributed by atoms with van der Waals surface area (Å²) in [5.74, 6) is -2.93. The van der Waals surface area contributed by atoms with E-state index in [-0.39, 0.29) is 10.9 Å². The second kappa shape index (κ2) is 5.65. The van der Waals surface area contributed by atoms with E-state index in [2.05, 4.69) is 11.8 Å². The third kappa shape index (κ3) is 2.64. The first-order valence-electron chi connectivity index (χ1n) is 6.46. The molecule has 0 amide bonds. The lowest BCUT2D eigenvalue weighted by molar-refractivity contribution is 0.234. The summed E-state index contributed by atoms with van der Waals surface area (Å²) in [6.07, 6.45) is 1.01. The Kier molecular flexibility index (Phi) is 4.29. The van der Waals surface area contributed by atoms with Crippen LogP contribution in [0, 0.1) is 5.92 Å². The first kappa shape index (κ1) is 15.2. The van der Waals surface area contributed by atoms with Crippen LogP contribution in [-0.2, 0) is 9.84 Å². The maximum Gasteiger partial charge on any atom is 0.341 e. The van der Waals surface area contributed by atoms with Crippen molar-refractivity contribution in [1.82, 2.24) is 0 Å². The number of anilines is 1. The Morgan fingerprint density at radius 2 is 1.95 bits per heavy atom. The van der Waals surface area contributed by atoms with E-state index < -0.39 is 15.6 Å². The fourth-order valence-corrected chi connectivity index (χ4v) is 3.34. The van der Waals surface area contributed by atoms with Gasteiger partial charge in [-0.1, -0.05) is 6.92 Å². The summed E-state index contributed by atoms with van der Waals surface area (Å²) in [5, 5.41) is 0. The van der Waals surface area contributed by atoms with Crippen molar-refractivity contribution >= 4 is 15.5 Å². The van der Waals surface area contributed by atoms with Crippen molar-refractivity contribution in [3.8, 4) is 0 Å². The summed E-state index contributed by atoms with van der Waals surface area (Å²) in [6.45, 7) is 3.47. The van der Waals surface area contributed by atoms with E-state index >= 15 is 0 Å². The van der Waals surface area contributed by atoms with Gasteiger partial charge in [-0.25, -0.2) is 8.42 Å². The summed E-state index contributed by atoms with van der Waals surface area (Å²) in [7, 11) is -4.52. The van der Waals surface area contributed by atoms with Gasteiger partial charge in [0.05, 0.1) is 4.90 Å². The zero-order chi connectivity index (χ0) is 14.9. The molecule has 1 heterocycles. The van der Waals surface area contributed by atoms with Gasteiger partial charge in [0.1, 0.15) is 0 Å². The number of benzene rings is 1. The Balaban J connectivity index is 2.25. The number of alkyl halides is 2. The van der Waals surface area contributed by atoms with Gasteiger partial charge in [0.25, 0.3) is 0 Å². The third-order valence-corrected chi connectivity index (χ3v) is 5.25. The van der Waals surface area contributed by atoms with Gasteiger partial charge >= 0.3 is 5.76 Å². The van der Waals surface area contributed by atoms with Crippen LogP contribution in [0.4, 0.5) is 14.5 Å². The Morgan fingerprint density at radius 1 is 1.35 bits per heavy atom. The minimum Gasteiger partial charge on any atom is -0.367 e. The molecular formula is C13H18F2N2O2S. The van der Waals surface area contributed by atoms with Gasteiger partial charge in [-0.3, -0.25) is 0 Å². The van der Waals surface area contributed by atoms with E-state index in [0.717, 1.165) is 18.7 Å². The van der Waals surface area contributed by atoms with Gasteiger partial charge in [0.15, 0.2) is 0 Å². The van der Waals surface area contributed by atoms with Crippen LogP contribution in [-0.4, -0.2) is 33.3 Å². The van der Waals surface area contributed by atoms with Crippen LogP contribution in [0.25, 0.3) is 0 Å². The number of halogens is 2. The monoisotopic (exact) mass is 304 g/mol. The van der Waals surface area contributed by atoms with Crippen molar-refractivity contribution < 1.29 is 17.2 Å². The highest BCUT2D eigenvalue weighted by atomic mass is 32.2. The van der Waals surface area contributed by atoms with Crippen molar-refractivity contribution in [2.45, 2.75) is 30.0 Å². The molecule has 0 radical (unpaired) electrons. The van der Waals surface area contributed by atoms with Gasteiger partial charge < -0.3 is 10.6 Å². The molecule has 0 saturated carbocycles. The fourth-order valence-electron chi connectivity index (χ4n) is 2.62. The molecule has 0 spiro atoms. The van der Waals surface area contributed by atoms with E-state index in [0.29, 0.717) is 12.5 Å². The lowest BCUT2D eigenvalue weighted by atomic mass is 10.0. The molecule has 1 fully saturated rings. The zero-order valence-electron chi connectivity index (χ0n) is 11.2. The Labute approximate surface area is 117 Å². The van der Waals surface area contributed by atoms with Crippen molar-refractivity contribution in [2.75, 3.05) is 18.0 Å². The highest BCUT2D eigenvalue weighted by molar-refractivity contribution is 7.91. The summed E-state index contributed by atoms with van der Waals surface area (Å²) < 4.78 is 47.6. The molecule has 1 aliphatic rings. The van der Waals surface area contributed by atoms with E-state index in [1.807, 2.05) is 0 Å². The molecule has 1 aromatic carbocycles. The molecule has 2 rings (SSSR count). The number of sulfone groups is 1. The third-order valence-electron chi connectivity index (χ3n) is 3.86. The van der Waals surface area contributed by atoms with Crippen LogP contribution in [0.1, 0.15) is 13.3 Å². The number of hydrogen-bond donors (Lipinski definition) is 1. The highest BCUT2D eigenvalue weighted by Gasteiger charge is 2.31. The van der Waals surface area contributed by atoms with Crippen molar-refractivity contribution in [3.63, 3.8) is 0 Å². The van der Waals surface area contributed by atoms with Crippen LogP contribution in [0.15, 0.2) is 29.2 Å². The number of hydrogen-bond acceptors (Lipinski definition) is 4. The average Bonchev–Trinajstić information content (AvgIpc) is 2.79. The first-order valence-corrected chi connectivity index (χ1v) is 8.01. The topological polar surface area (TPSA) is 63.4 Å². The maximum absolute atomic E-state index is 12.5. The van der Waals surface area contributed by atoms with Crippen LogP contribution in [0.2, 0.25) is 0 Å². The molecule has 2 atom stereocenters. The highest BCUT2D eigenvalue weighted by Crippen LogP contribution is 2.30. The van der Waals surface area contributed by atoms with E-state index in [1.54, 1.807) is 12.1 Å². The number of nitrogens with zero attached hydrogens (tertiary/aromatic N) is 1. The molecule has 2 unspecified atom stereocenters. The minimum atomic E-state index is -4.52. The quantitative estimate of drug-likeness (QED) is 0.922. The Hall–Kier alpha value is -1.21. The normalized spacial score (nSPS) is 23.6. The molecule has 0 aromatic heterocycles. The average molecular weight is 304 g/mol. The van der Waals surface area contributed by atoms with Gasteiger partial charge in [-0.2, -0.15) is 8.78 Å². The largest absolute Gasteiger partial charge is 0.367 e. The van der Waals surface area contributed by atoms with E-state index in [4.69, 9.17) is 5.73 Å². The van der Waals surface area contributed by atoms with Gasteiger partial charge in [-0.05, 0) is 36.6 Å².